The number of anilines is 1. The van der Waals surface area contributed by atoms with Crippen LogP contribution < -0.4 is 9.64 Å². The fourth-order valence-corrected chi connectivity index (χ4v) is 5.12. The summed E-state index contributed by atoms with van der Waals surface area (Å²) in [5.41, 5.74) is 2.76. The Balaban J connectivity index is 2.28. The first-order valence-corrected chi connectivity index (χ1v) is 12.7. The highest BCUT2D eigenvalue weighted by atomic mass is 32.2. The van der Waals surface area contributed by atoms with Gasteiger partial charge in [0.2, 0.25) is 0 Å². The summed E-state index contributed by atoms with van der Waals surface area (Å²) < 4.78 is 20.4. The lowest BCUT2D eigenvalue weighted by Gasteiger charge is -2.20. The quantitative estimate of drug-likeness (QED) is 0.349. The molecule has 0 atom stereocenters. The van der Waals surface area contributed by atoms with E-state index in [1.165, 1.54) is 15.9 Å². The van der Waals surface area contributed by atoms with Crippen LogP contribution in [0.15, 0.2) is 50.1 Å². The molecule has 0 bridgehead atoms. The molecule has 1 aliphatic heterocycles. The monoisotopic (exact) mass is 470 g/mol. The second-order valence-corrected chi connectivity index (χ2v) is 9.39. The van der Waals surface area contributed by atoms with Gasteiger partial charge in [-0.05, 0) is 43.6 Å². The van der Waals surface area contributed by atoms with E-state index in [4.69, 9.17) is 9.73 Å². The van der Waals surface area contributed by atoms with Crippen LogP contribution in [0.5, 0.6) is 5.75 Å². The molecule has 0 fully saturated rings. The highest BCUT2D eigenvalue weighted by molar-refractivity contribution is 8.00. The van der Waals surface area contributed by atoms with E-state index >= 15 is 0 Å². The molecule has 0 saturated carbocycles. The standard InChI is InChI=1S/C24H27FN4OS2/c1-5-27-23-14-28-24(17-10-9-16(31-7-3)11-22(17)32-8-4)18-12-21(30-6-2)19(25)13-20(18)29(23)15-26/h9-13H,5-8,14H2,1-4H3. The van der Waals surface area contributed by atoms with Crippen LogP contribution in [-0.4, -0.2) is 42.7 Å². The zero-order chi connectivity index (χ0) is 23.1. The van der Waals surface area contributed by atoms with Gasteiger partial charge in [0.15, 0.2) is 17.8 Å². The second-order valence-electron chi connectivity index (χ2n) is 6.75. The SMILES string of the molecule is CCN=C1CN=C(c2ccc(SCC)cc2SCC)c2cc(OCC)c(F)cc2N1C#N. The van der Waals surface area contributed by atoms with Gasteiger partial charge in [-0.2, -0.15) is 5.26 Å². The van der Waals surface area contributed by atoms with Crippen molar-refractivity contribution in [3.8, 4) is 11.9 Å². The molecule has 168 valence electrons. The highest BCUT2D eigenvalue weighted by Gasteiger charge is 2.27. The van der Waals surface area contributed by atoms with Crippen molar-refractivity contribution in [1.29, 1.82) is 5.26 Å². The Morgan fingerprint density at radius 3 is 2.56 bits per heavy atom. The Morgan fingerprint density at radius 1 is 1.12 bits per heavy atom. The summed E-state index contributed by atoms with van der Waals surface area (Å²) in [5.74, 6) is 2.03. The van der Waals surface area contributed by atoms with Gasteiger partial charge in [-0.15, -0.1) is 23.5 Å². The number of benzene rings is 2. The molecule has 1 aliphatic rings. The number of fused-ring (bicyclic) bond motifs is 1. The molecule has 0 spiro atoms. The summed E-state index contributed by atoms with van der Waals surface area (Å²) in [6, 6.07) is 9.35. The summed E-state index contributed by atoms with van der Waals surface area (Å²) in [6.07, 6.45) is 2.16. The van der Waals surface area contributed by atoms with Gasteiger partial charge in [-0.25, -0.2) is 9.29 Å². The van der Waals surface area contributed by atoms with E-state index in [1.807, 2.05) is 13.8 Å². The summed E-state index contributed by atoms with van der Waals surface area (Å²) in [7, 11) is 0. The minimum absolute atomic E-state index is 0.149. The lowest BCUT2D eigenvalue weighted by Crippen LogP contribution is -2.28. The van der Waals surface area contributed by atoms with Gasteiger partial charge < -0.3 is 4.74 Å². The van der Waals surface area contributed by atoms with Crippen LogP contribution in [0, 0.1) is 17.3 Å². The summed E-state index contributed by atoms with van der Waals surface area (Å²) in [6.45, 7) is 9.04. The lowest BCUT2D eigenvalue weighted by atomic mass is 9.99. The average Bonchev–Trinajstić information content (AvgIpc) is 2.92. The third kappa shape index (κ3) is 5.11. The molecule has 2 aromatic rings. The fraction of sp³-hybridized carbons (Fsp3) is 0.375. The number of rotatable bonds is 8. The number of ether oxygens (including phenoxy) is 1. The zero-order valence-corrected chi connectivity index (χ0v) is 20.4. The normalized spacial score (nSPS) is 14.6. The number of thioether (sulfide) groups is 2. The first-order chi connectivity index (χ1) is 15.6. The van der Waals surface area contributed by atoms with Crippen molar-refractivity contribution in [2.24, 2.45) is 9.98 Å². The molecular weight excluding hydrogens is 443 g/mol. The second kappa shape index (κ2) is 11.4. The number of amidine groups is 1. The Bertz CT molecular complexity index is 1080. The van der Waals surface area contributed by atoms with E-state index in [-0.39, 0.29) is 12.3 Å². The Morgan fingerprint density at radius 2 is 1.91 bits per heavy atom. The minimum Gasteiger partial charge on any atom is -0.491 e. The molecule has 8 heteroatoms. The molecule has 5 nitrogen and oxygen atoms in total. The van der Waals surface area contributed by atoms with Gasteiger partial charge in [0, 0.05) is 33.5 Å². The van der Waals surface area contributed by atoms with Crippen molar-refractivity contribution in [3.05, 3.63) is 47.3 Å². The van der Waals surface area contributed by atoms with Gasteiger partial charge in [0.1, 0.15) is 5.84 Å². The molecule has 0 radical (unpaired) electrons. The van der Waals surface area contributed by atoms with E-state index in [0.29, 0.717) is 35.9 Å². The number of hydrogen-bond acceptors (Lipinski definition) is 6. The third-order valence-corrected chi connectivity index (χ3v) is 6.56. The maximum atomic E-state index is 14.8. The summed E-state index contributed by atoms with van der Waals surface area (Å²) >= 11 is 3.53. The van der Waals surface area contributed by atoms with Crippen LogP contribution in [0.1, 0.15) is 38.8 Å². The molecule has 3 rings (SSSR count). The van der Waals surface area contributed by atoms with Crippen molar-refractivity contribution in [2.75, 3.05) is 36.1 Å². The van der Waals surface area contributed by atoms with E-state index in [0.717, 1.165) is 22.0 Å². The number of benzodiazepines with no additional fused rings is 1. The first kappa shape index (κ1) is 24.1. The highest BCUT2D eigenvalue weighted by Crippen LogP contribution is 2.36. The Labute approximate surface area is 197 Å². The zero-order valence-electron chi connectivity index (χ0n) is 18.8. The topological polar surface area (TPSA) is 61.0 Å². The molecule has 0 aliphatic carbocycles. The molecule has 0 amide bonds. The Kier molecular flexibility index (Phi) is 8.60. The largest absolute Gasteiger partial charge is 0.491 e. The third-order valence-electron chi connectivity index (χ3n) is 4.74. The van der Waals surface area contributed by atoms with Gasteiger partial charge in [-0.3, -0.25) is 9.98 Å². The van der Waals surface area contributed by atoms with Crippen molar-refractivity contribution in [1.82, 2.24) is 0 Å². The maximum absolute atomic E-state index is 14.8. The Hall–Kier alpha value is -2.50. The van der Waals surface area contributed by atoms with Crippen LogP contribution in [-0.2, 0) is 0 Å². The molecule has 0 N–H and O–H groups in total. The van der Waals surface area contributed by atoms with Gasteiger partial charge in [0.25, 0.3) is 0 Å². The van der Waals surface area contributed by atoms with Crippen molar-refractivity contribution < 1.29 is 9.13 Å². The van der Waals surface area contributed by atoms with Crippen LogP contribution in [0.2, 0.25) is 0 Å². The number of nitriles is 1. The van der Waals surface area contributed by atoms with Crippen molar-refractivity contribution in [3.63, 3.8) is 0 Å². The van der Waals surface area contributed by atoms with Gasteiger partial charge in [0.05, 0.1) is 24.6 Å². The van der Waals surface area contributed by atoms with E-state index in [2.05, 4.69) is 43.2 Å². The molecule has 32 heavy (non-hydrogen) atoms. The predicted octanol–water partition coefficient (Wildman–Crippen LogP) is 6.01. The average molecular weight is 471 g/mol. The van der Waals surface area contributed by atoms with Crippen LogP contribution in [0.4, 0.5) is 10.1 Å². The van der Waals surface area contributed by atoms with E-state index in [9.17, 15) is 9.65 Å². The van der Waals surface area contributed by atoms with E-state index in [1.54, 1.807) is 29.6 Å². The molecule has 0 unspecified atom stereocenters. The maximum Gasteiger partial charge on any atom is 0.190 e. The first-order valence-electron chi connectivity index (χ1n) is 10.7. The van der Waals surface area contributed by atoms with Crippen LogP contribution in [0.3, 0.4) is 0 Å². The van der Waals surface area contributed by atoms with Crippen molar-refractivity contribution >= 4 is 40.8 Å². The van der Waals surface area contributed by atoms with Crippen molar-refractivity contribution in [2.45, 2.75) is 37.5 Å². The van der Waals surface area contributed by atoms with Gasteiger partial charge in [-0.1, -0.05) is 19.9 Å². The predicted molar refractivity (Wildman–Crippen MR) is 133 cm³/mol. The molecule has 0 aromatic heterocycles. The number of hydrogen-bond donors (Lipinski definition) is 0. The fourth-order valence-electron chi connectivity index (χ4n) is 3.50. The van der Waals surface area contributed by atoms with E-state index < -0.39 is 5.82 Å². The molecule has 1 heterocycles. The van der Waals surface area contributed by atoms with Crippen LogP contribution in [0.25, 0.3) is 0 Å². The molecule has 0 saturated heterocycles. The molecule has 2 aromatic carbocycles. The van der Waals surface area contributed by atoms with Crippen LogP contribution >= 0.6 is 23.5 Å². The number of nitrogens with zero attached hydrogens (tertiary/aromatic N) is 4. The number of halogens is 1. The summed E-state index contributed by atoms with van der Waals surface area (Å²) in [4.78, 5) is 13.0. The molecular formula is C24H27FN4OS2. The smallest absolute Gasteiger partial charge is 0.190 e. The number of aliphatic imine (C=N–C) groups is 2. The summed E-state index contributed by atoms with van der Waals surface area (Å²) in [5, 5.41) is 9.90. The van der Waals surface area contributed by atoms with Gasteiger partial charge >= 0.3 is 0 Å². The minimum atomic E-state index is -0.513. The lowest BCUT2D eigenvalue weighted by molar-refractivity contribution is 0.321.